The van der Waals surface area contributed by atoms with Gasteiger partial charge in [-0.25, -0.2) is 4.79 Å². The third-order valence-electron chi connectivity index (χ3n) is 9.55. The maximum Gasteiger partial charge on any atom is 0.336 e. The number of ether oxygens (including phenoxy) is 5. The second kappa shape index (κ2) is 10.5. The van der Waals surface area contributed by atoms with Crippen molar-refractivity contribution in [2.75, 3.05) is 28.4 Å². The number of aliphatic imine (C=N–C) groups is 1. The van der Waals surface area contributed by atoms with E-state index in [1.165, 1.54) is 0 Å². The molecule has 1 heterocycles. The highest BCUT2D eigenvalue weighted by atomic mass is 16.6. The number of rotatable bonds is 6. The van der Waals surface area contributed by atoms with Crippen LogP contribution in [0.4, 0.5) is 0 Å². The smallest absolute Gasteiger partial charge is 0.336 e. The van der Waals surface area contributed by atoms with E-state index >= 15 is 0 Å². The summed E-state index contributed by atoms with van der Waals surface area (Å²) in [6.07, 6.45) is -2.58. The van der Waals surface area contributed by atoms with E-state index < -0.39 is 74.9 Å². The molecule has 2 aromatic rings. The molecule has 2 saturated carbocycles. The molecule has 0 aromatic heterocycles. The largest absolute Gasteiger partial charge is 0.468 e. The second-order valence-electron chi connectivity index (χ2n) is 12.5. The highest BCUT2D eigenvalue weighted by Crippen LogP contribution is 2.89. The predicted molar refractivity (Wildman–Crippen MR) is 159 cm³/mol. The minimum atomic E-state index is -2.62. The van der Waals surface area contributed by atoms with Crippen LogP contribution in [-0.4, -0.2) is 69.7 Å². The summed E-state index contributed by atoms with van der Waals surface area (Å²) < 4.78 is 27.7. The Morgan fingerprint density at radius 2 is 1.35 bits per heavy atom. The van der Waals surface area contributed by atoms with Gasteiger partial charge in [-0.05, 0) is 37.5 Å². The first-order valence-electron chi connectivity index (χ1n) is 14.4. The van der Waals surface area contributed by atoms with E-state index in [0.29, 0.717) is 0 Å². The summed E-state index contributed by atoms with van der Waals surface area (Å²) in [7, 11) is 4.16. The Morgan fingerprint density at radius 1 is 0.804 bits per heavy atom. The van der Waals surface area contributed by atoms with Crippen molar-refractivity contribution >= 4 is 29.6 Å². The van der Waals surface area contributed by atoms with Crippen molar-refractivity contribution < 1.29 is 42.9 Å². The predicted octanol–water partition coefficient (Wildman–Crippen LogP) is 3.29. The average Bonchev–Trinajstić information content (AvgIpc) is 3.43. The van der Waals surface area contributed by atoms with Gasteiger partial charge in [-0.1, -0.05) is 54.6 Å². The third-order valence-corrected chi connectivity index (χ3v) is 9.55. The molecule has 238 valence electrons. The molecule has 0 unspecified atom stereocenters. The van der Waals surface area contributed by atoms with Crippen LogP contribution in [-0.2, 0) is 48.5 Å². The normalized spacial score (nSPS) is 31.0. The van der Waals surface area contributed by atoms with Crippen molar-refractivity contribution in [2.24, 2.45) is 26.7 Å². The Hall–Kier alpha value is -5.07. The molecule has 12 heteroatoms. The molecule has 1 aliphatic heterocycles. The molecule has 0 N–H and O–H groups in total. The minimum absolute atomic E-state index is 0.188. The zero-order valence-electron chi connectivity index (χ0n) is 26.5. The van der Waals surface area contributed by atoms with Crippen LogP contribution >= 0.6 is 0 Å². The van der Waals surface area contributed by atoms with Gasteiger partial charge in [0.1, 0.15) is 11.0 Å². The van der Waals surface area contributed by atoms with E-state index in [1.54, 1.807) is 45.0 Å². The molecule has 0 bridgehead atoms. The lowest BCUT2D eigenvalue weighted by Gasteiger charge is -2.64. The number of hydrogen-bond donors (Lipinski definition) is 0. The first-order valence-corrected chi connectivity index (χ1v) is 14.4. The zero-order chi connectivity index (χ0) is 33.9. The maximum atomic E-state index is 14.7. The van der Waals surface area contributed by atoms with Crippen molar-refractivity contribution in [1.82, 2.24) is 0 Å². The van der Waals surface area contributed by atoms with Crippen LogP contribution in [0.15, 0.2) is 59.6 Å². The van der Waals surface area contributed by atoms with Crippen LogP contribution in [0.1, 0.15) is 32.8 Å². The summed E-state index contributed by atoms with van der Waals surface area (Å²) in [5.74, 6) is -4.67. The van der Waals surface area contributed by atoms with Crippen molar-refractivity contribution in [2.45, 2.75) is 44.4 Å². The zero-order valence-corrected chi connectivity index (χ0v) is 26.5. The molecule has 1 saturated heterocycles. The Kier molecular flexibility index (Phi) is 7.38. The molecular formula is C34H33N3O9. The van der Waals surface area contributed by atoms with Gasteiger partial charge in [0.15, 0.2) is 22.3 Å². The van der Waals surface area contributed by atoms with Crippen molar-refractivity contribution in [1.29, 1.82) is 10.5 Å². The summed E-state index contributed by atoms with van der Waals surface area (Å²) >= 11 is 0. The molecule has 3 aliphatic rings. The number of hydrogen-bond acceptors (Lipinski definition) is 12. The third kappa shape index (κ3) is 3.37. The molecule has 2 aliphatic carbocycles. The number of esters is 4. The van der Waals surface area contributed by atoms with Gasteiger partial charge in [0, 0.05) is 6.42 Å². The SMILES string of the molecule is COC(=O)[C@H]1O[C@]2(c3ccc(-c4ccccc4)cc3)CC(C#N)(C#N)[C@]3(C(=O)OC)C(=NC(C)(C)C)[C@@]1(C(=O)OC)[C@@]32C(=O)OC. The van der Waals surface area contributed by atoms with E-state index in [1.807, 2.05) is 42.5 Å². The molecule has 0 radical (unpaired) electrons. The van der Waals surface area contributed by atoms with Crippen LogP contribution in [0.2, 0.25) is 0 Å². The topological polar surface area (TPSA) is 174 Å². The van der Waals surface area contributed by atoms with E-state index in [-0.39, 0.29) is 5.56 Å². The summed E-state index contributed by atoms with van der Waals surface area (Å²) in [5, 5.41) is 21.7. The number of methoxy groups -OCH3 is 4. The molecule has 5 rings (SSSR count). The summed E-state index contributed by atoms with van der Waals surface area (Å²) in [6.45, 7) is 4.92. The van der Waals surface area contributed by atoms with E-state index in [0.717, 1.165) is 39.6 Å². The number of nitrogens with zero attached hydrogens (tertiary/aromatic N) is 3. The first-order chi connectivity index (χ1) is 21.8. The van der Waals surface area contributed by atoms with Gasteiger partial charge in [0.25, 0.3) is 0 Å². The van der Waals surface area contributed by atoms with Crippen molar-refractivity contribution in [3.63, 3.8) is 0 Å². The fourth-order valence-electron chi connectivity index (χ4n) is 8.19. The molecular weight excluding hydrogens is 594 g/mol. The fourth-order valence-corrected chi connectivity index (χ4v) is 8.19. The molecule has 46 heavy (non-hydrogen) atoms. The minimum Gasteiger partial charge on any atom is -0.468 e. The van der Waals surface area contributed by atoms with Gasteiger partial charge >= 0.3 is 23.9 Å². The molecule has 2 aromatic carbocycles. The van der Waals surface area contributed by atoms with Crippen molar-refractivity contribution in [3.8, 4) is 23.3 Å². The monoisotopic (exact) mass is 627 g/mol. The Bertz CT molecular complexity index is 1740. The van der Waals surface area contributed by atoms with E-state index in [2.05, 4.69) is 0 Å². The standard InChI is InChI=1S/C34H33N3O9/c1-29(2,3)37-25-32(26(39)43-5)23(24(38)42-4)46-31(22-15-13-21(14-16-22)20-11-9-8-10-12-20)17-30(18-35,19-36)33(25,27(40)44-6)34(31,32)28(41)45-7/h8-16,23H,17H2,1-7H3/t23-,31+,32+,33-,34+/m1/s1. The van der Waals surface area contributed by atoms with Crippen LogP contribution in [0.3, 0.4) is 0 Å². The lowest BCUT2D eigenvalue weighted by molar-refractivity contribution is -0.206. The van der Waals surface area contributed by atoms with Crippen LogP contribution < -0.4 is 0 Å². The number of carbonyl (C=O) groups excluding carboxylic acids is 4. The average molecular weight is 628 g/mol. The number of benzene rings is 2. The first kappa shape index (κ1) is 32.3. The second-order valence-corrected chi connectivity index (χ2v) is 12.5. The highest BCUT2D eigenvalue weighted by Gasteiger charge is 3.07. The van der Waals surface area contributed by atoms with Gasteiger partial charge in [0.05, 0.1) is 51.8 Å². The van der Waals surface area contributed by atoms with Crippen LogP contribution in [0, 0.1) is 44.3 Å². The van der Waals surface area contributed by atoms with Gasteiger partial charge in [0.2, 0.25) is 0 Å². The highest BCUT2D eigenvalue weighted by molar-refractivity contribution is 6.33. The number of nitriles is 2. The summed E-state index contributed by atoms with van der Waals surface area (Å²) in [6, 6.07) is 20.0. The lowest BCUT2D eigenvalue weighted by Crippen LogP contribution is -2.85. The maximum absolute atomic E-state index is 14.7. The molecule has 3 fully saturated rings. The molecule has 5 atom stereocenters. The Balaban J connectivity index is 2.04. The van der Waals surface area contributed by atoms with Crippen LogP contribution in [0.5, 0.6) is 0 Å². The van der Waals surface area contributed by atoms with Gasteiger partial charge < -0.3 is 23.7 Å². The quantitative estimate of drug-likeness (QED) is 0.339. The molecule has 0 amide bonds. The van der Waals surface area contributed by atoms with Gasteiger partial charge in [-0.2, -0.15) is 10.5 Å². The Labute approximate surface area is 265 Å². The van der Waals surface area contributed by atoms with Crippen molar-refractivity contribution in [3.05, 3.63) is 60.2 Å². The number of carbonyl (C=O) groups is 4. The van der Waals surface area contributed by atoms with Gasteiger partial charge in [-0.3, -0.25) is 19.4 Å². The van der Waals surface area contributed by atoms with E-state index in [9.17, 15) is 29.7 Å². The molecule has 12 nitrogen and oxygen atoms in total. The summed E-state index contributed by atoms with van der Waals surface area (Å²) in [4.78, 5) is 62.0. The summed E-state index contributed by atoms with van der Waals surface area (Å²) in [5.41, 5.74) is -12.1. The van der Waals surface area contributed by atoms with Crippen LogP contribution in [0.25, 0.3) is 11.1 Å². The molecule has 0 spiro atoms. The Morgan fingerprint density at radius 3 is 1.83 bits per heavy atom. The fraction of sp³-hybridized carbons (Fsp3) is 0.441. The van der Waals surface area contributed by atoms with Gasteiger partial charge in [-0.15, -0.1) is 0 Å². The van der Waals surface area contributed by atoms with E-state index in [4.69, 9.17) is 28.7 Å². The lowest BCUT2D eigenvalue weighted by atomic mass is 9.30.